The molecule has 0 aromatic carbocycles. The van der Waals surface area contributed by atoms with Crippen molar-refractivity contribution in [2.24, 2.45) is 0 Å². The average Bonchev–Trinajstić information content (AvgIpc) is 2.65. The van der Waals surface area contributed by atoms with Crippen molar-refractivity contribution < 1.29 is 4.79 Å². The first kappa shape index (κ1) is 14.8. The molecule has 1 aromatic heterocycles. The van der Waals surface area contributed by atoms with Crippen LogP contribution in [0.1, 0.15) is 29.4 Å². The number of hydrogen-bond acceptors (Lipinski definition) is 3. The third-order valence-corrected chi connectivity index (χ3v) is 3.99. The van der Waals surface area contributed by atoms with Crippen LogP contribution in [0.3, 0.4) is 0 Å². The van der Waals surface area contributed by atoms with E-state index in [0.29, 0.717) is 15.3 Å². The Balaban J connectivity index is 0.00000144. The smallest absolute Gasteiger partial charge is 0.261 e. The SMILES string of the molecule is CC1CC(NC(=O)c2ccc(Cl)s2)CCN1.Cl. The highest BCUT2D eigenvalue weighted by Gasteiger charge is 2.20. The van der Waals surface area contributed by atoms with E-state index in [0.717, 1.165) is 19.4 Å². The fourth-order valence-corrected chi connectivity index (χ4v) is 2.90. The molecule has 0 spiro atoms. The molecule has 1 aliphatic heterocycles. The molecule has 2 N–H and O–H groups in total. The largest absolute Gasteiger partial charge is 0.349 e. The zero-order chi connectivity index (χ0) is 11.5. The summed E-state index contributed by atoms with van der Waals surface area (Å²) in [6.45, 7) is 3.11. The summed E-state index contributed by atoms with van der Waals surface area (Å²) in [5.41, 5.74) is 0. The van der Waals surface area contributed by atoms with Gasteiger partial charge in [-0.1, -0.05) is 11.6 Å². The number of amides is 1. The lowest BCUT2D eigenvalue weighted by Crippen LogP contribution is -2.46. The second kappa shape index (κ2) is 6.59. The normalized spacial score (nSPS) is 23.9. The Bertz CT molecular complexity index is 383. The van der Waals surface area contributed by atoms with Crippen LogP contribution in [0.2, 0.25) is 4.34 Å². The minimum atomic E-state index is -0.00370. The van der Waals surface area contributed by atoms with Gasteiger partial charge >= 0.3 is 0 Å². The fraction of sp³-hybridized carbons (Fsp3) is 0.545. The molecule has 6 heteroatoms. The van der Waals surface area contributed by atoms with Gasteiger partial charge in [0, 0.05) is 12.1 Å². The molecule has 1 saturated heterocycles. The molecule has 0 bridgehead atoms. The summed E-state index contributed by atoms with van der Waals surface area (Å²) in [6.07, 6.45) is 1.99. The van der Waals surface area contributed by atoms with Gasteiger partial charge in [-0.05, 0) is 38.4 Å². The van der Waals surface area contributed by atoms with Crippen LogP contribution in [0.4, 0.5) is 0 Å². The third-order valence-electron chi connectivity index (χ3n) is 2.76. The molecule has 1 aromatic rings. The quantitative estimate of drug-likeness (QED) is 0.881. The molecular weight excluding hydrogens is 279 g/mol. The fourth-order valence-electron chi connectivity index (χ4n) is 1.96. The summed E-state index contributed by atoms with van der Waals surface area (Å²) >= 11 is 7.12. The van der Waals surface area contributed by atoms with Crippen LogP contribution in [0, 0.1) is 0 Å². The molecule has 0 saturated carbocycles. The first-order chi connectivity index (χ1) is 7.65. The van der Waals surface area contributed by atoms with E-state index in [1.807, 2.05) is 0 Å². The van der Waals surface area contributed by atoms with Gasteiger partial charge in [0.05, 0.1) is 9.21 Å². The van der Waals surface area contributed by atoms with Crippen molar-refractivity contribution in [3.63, 3.8) is 0 Å². The number of halogens is 2. The van der Waals surface area contributed by atoms with Crippen molar-refractivity contribution >= 4 is 41.3 Å². The maximum absolute atomic E-state index is 11.9. The van der Waals surface area contributed by atoms with Crippen molar-refractivity contribution in [1.82, 2.24) is 10.6 Å². The minimum absolute atomic E-state index is 0. The Morgan fingerprint density at radius 2 is 2.35 bits per heavy atom. The van der Waals surface area contributed by atoms with E-state index in [9.17, 15) is 4.79 Å². The van der Waals surface area contributed by atoms with Crippen molar-refractivity contribution in [2.45, 2.75) is 31.8 Å². The highest BCUT2D eigenvalue weighted by molar-refractivity contribution is 7.17. The van der Waals surface area contributed by atoms with E-state index in [2.05, 4.69) is 17.6 Å². The zero-order valence-corrected chi connectivity index (χ0v) is 11.9. The van der Waals surface area contributed by atoms with Gasteiger partial charge in [-0.2, -0.15) is 0 Å². The molecule has 1 fully saturated rings. The van der Waals surface area contributed by atoms with E-state index in [4.69, 9.17) is 11.6 Å². The molecule has 0 radical (unpaired) electrons. The zero-order valence-electron chi connectivity index (χ0n) is 9.53. The van der Waals surface area contributed by atoms with Gasteiger partial charge in [0.2, 0.25) is 0 Å². The predicted molar refractivity (Wildman–Crippen MR) is 74.5 cm³/mol. The van der Waals surface area contributed by atoms with Crippen LogP contribution in [0.5, 0.6) is 0 Å². The third kappa shape index (κ3) is 4.14. The summed E-state index contributed by atoms with van der Waals surface area (Å²) in [5, 5.41) is 6.41. The van der Waals surface area contributed by atoms with Gasteiger partial charge in [0.25, 0.3) is 5.91 Å². The summed E-state index contributed by atoms with van der Waals surface area (Å²) in [6, 6.07) is 4.29. The molecule has 2 rings (SSSR count). The summed E-state index contributed by atoms with van der Waals surface area (Å²) in [5.74, 6) is -0.00370. The van der Waals surface area contributed by atoms with E-state index in [-0.39, 0.29) is 24.4 Å². The Hall–Kier alpha value is -0.290. The molecule has 2 unspecified atom stereocenters. The first-order valence-corrected chi connectivity index (χ1v) is 6.64. The first-order valence-electron chi connectivity index (χ1n) is 5.45. The summed E-state index contributed by atoms with van der Waals surface area (Å²) in [7, 11) is 0. The van der Waals surface area contributed by atoms with Gasteiger partial charge in [0.1, 0.15) is 0 Å². The minimum Gasteiger partial charge on any atom is -0.349 e. The van der Waals surface area contributed by atoms with Gasteiger partial charge in [0.15, 0.2) is 0 Å². The number of piperidine rings is 1. The molecule has 0 aliphatic carbocycles. The van der Waals surface area contributed by atoms with Crippen LogP contribution in [-0.4, -0.2) is 24.5 Å². The van der Waals surface area contributed by atoms with Crippen molar-refractivity contribution in [1.29, 1.82) is 0 Å². The van der Waals surface area contributed by atoms with Crippen molar-refractivity contribution in [3.05, 3.63) is 21.3 Å². The predicted octanol–water partition coefficient (Wildman–Crippen LogP) is 2.69. The number of hydrogen-bond donors (Lipinski definition) is 2. The Kier molecular flexibility index (Phi) is 5.73. The molecule has 3 nitrogen and oxygen atoms in total. The van der Waals surface area contributed by atoms with Crippen LogP contribution < -0.4 is 10.6 Å². The lowest BCUT2D eigenvalue weighted by atomic mass is 10.0. The van der Waals surface area contributed by atoms with Crippen LogP contribution >= 0.6 is 35.3 Å². The monoisotopic (exact) mass is 294 g/mol. The number of carbonyl (C=O) groups excluding carboxylic acids is 1. The highest BCUT2D eigenvalue weighted by Crippen LogP contribution is 2.21. The number of thiophene rings is 1. The molecule has 2 heterocycles. The molecule has 1 amide bonds. The van der Waals surface area contributed by atoms with Crippen molar-refractivity contribution in [3.8, 4) is 0 Å². The number of carbonyl (C=O) groups is 1. The van der Waals surface area contributed by atoms with E-state index >= 15 is 0 Å². The average molecular weight is 295 g/mol. The maximum Gasteiger partial charge on any atom is 0.261 e. The molecule has 1 aliphatic rings. The number of rotatable bonds is 2. The van der Waals surface area contributed by atoms with Crippen LogP contribution in [-0.2, 0) is 0 Å². The van der Waals surface area contributed by atoms with Crippen molar-refractivity contribution in [2.75, 3.05) is 6.54 Å². The molecule has 96 valence electrons. The van der Waals surface area contributed by atoms with Crippen LogP contribution in [0.25, 0.3) is 0 Å². The van der Waals surface area contributed by atoms with Gasteiger partial charge < -0.3 is 10.6 Å². The summed E-state index contributed by atoms with van der Waals surface area (Å²) < 4.78 is 0.656. The lowest BCUT2D eigenvalue weighted by Gasteiger charge is -2.28. The number of nitrogens with one attached hydrogen (secondary N) is 2. The standard InChI is InChI=1S/C11H15ClN2OS.ClH/c1-7-6-8(4-5-13-7)14-11(15)9-2-3-10(12)16-9;/h2-3,7-8,13H,4-6H2,1H3,(H,14,15);1H. The molecule has 17 heavy (non-hydrogen) atoms. The van der Waals surface area contributed by atoms with Gasteiger partial charge in [-0.25, -0.2) is 0 Å². The topological polar surface area (TPSA) is 41.1 Å². The summed E-state index contributed by atoms with van der Waals surface area (Å²) in [4.78, 5) is 12.5. The Morgan fingerprint density at radius 3 is 2.94 bits per heavy atom. The van der Waals surface area contributed by atoms with Gasteiger partial charge in [-0.3, -0.25) is 4.79 Å². The van der Waals surface area contributed by atoms with Crippen LogP contribution in [0.15, 0.2) is 12.1 Å². The Morgan fingerprint density at radius 1 is 1.59 bits per heavy atom. The van der Waals surface area contributed by atoms with E-state index in [1.165, 1.54) is 11.3 Å². The molecular formula is C11H16Cl2N2OS. The molecule has 2 atom stereocenters. The van der Waals surface area contributed by atoms with E-state index in [1.54, 1.807) is 12.1 Å². The Labute approximate surface area is 116 Å². The van der Waals surface area contributed by atoms with Gasteiger partial charge in [-0.15, -0.1) is 23.7 Å². The lowest BCUT2D eigenvalue weighted by molar-refractivity contribution is 0.0930. The second-order valence-corrected chi connectivity index (χ2v) is 5.87. The van der Waals surface area contributed by atoms with E-state index < -0.39 is 0 Å². The highest BCUT2D eigenvalue weighted by atomic mass is 35.5. The maximum atomic E-state index is 11.9. The second-order valence-electron chi connectivity index (χ2n) is 4.15.